The van der Waals surface area contributed by atoms with E-state index < -0.39 is 9.84 Å². The molecule has 1 aromatic rings. The number of carbonyl (C=O) groups is 1. The highest BCUT2D eigenvalue weighted by Crippen LogP contribution is 2.17. The Morgan fingerprint density at radius 1 is 1.19 bits per heavy atom. The van der Waals surface area contributed by atoms with Crippen molar-refractivity contribution in [3.8, 4) is 0 Å². The molecule has 0 aliphatic heterocycles. The molecular weight excluding hydrogens is 288 g/mol. The first-order valence-corrected chi connectivity index (χ1v) is 9.13. The molecule has 6 heteroatoms. The Labute approximate surface area is 126 Å². The second-order valence-electron chi connectivity index (χ2n) is 5.57. The molecule has 1 amide bonds. The summed E-state index contributed by atoms with van der Waals surface area (Å²) in [5, 5.41) is 6.09. The number of carbonyl (C=O) groups excluding carboxylic acids is 1. The normalized spacial score (nSPS) is 16.0. The van der Waals surface area contributed by atoms with Crippen LogP contribution in [0.15, 0.2) is 29.2 Å². The maximum Gasteiger partial charge on any atom is 0.234 e. The van der Waals surface area contributed by atoms with Crippen molar-refractivity contribution in [1.82, 2.24) is 10.6 Å². The first kappa shape index (κ1) is 16.0. The summed E-state index contributed by atoms with van der Waals surface area (Å²) in [7, 11) is -3.15. The Bertz CT molecular complexity index is 575. The van der Waals surface area contributed by atoms with Crippen molar-refractivity contribution >= 4 is 15.7 Å². The minimum absolute atomic E-state index is 0.0228. The zero-order valence-corrected chi connectivity index (χ0v) is 13.1. The maximum atomic E-state index is 11.7. The quantitative estimate of drug-likeness (QED) is 0.829. The molecule has 5 nitrogen and oxygen atoms in total. The van der Waals surface area contributed by atoms with Crippen LogP contribution >= 0.6 is 0 Å². The fourth-order valence-electron chi connectivity index (χ4n) is 2.52. The number of benzene rings is 1. The van der Waals surface area contributed by atoms with Crippen LogP contribution in [-0.2, 0) is 21.2 Å². The Morgan fingerprint density at radius 3 is 2.38 bits per heavy atom. The SMILES string of the molecule is CS(=O)(=O)c1ccc(CNCC(=O)NC2CCCC2)cc1. The molecule has 0 spiro atoms. The van der Waals surface area contributed by atoms with Crippen LogP contribution in [-0.4, -0.2) is 33.2 Å². The fourth-order valence-corrected chi connectivity index (χ4v) is 3.15. The van der Waals surface area contributed by atoms with E-state index in [4.69, 9.17) is 0 Å². The molecule has 0 bridgehead atoms. The third-order valence-corrected chi connectivity index (χ3v) is 4.81. The van der Waals surface area contributed by atoms with E-state index in [9.17, 15) is 13.2 Å². The van der Waals surface area contributed by atoms with Crippen molar-refractivity contribution in [2.24, 2.45) is 0 Å². The Kier molecular flexibility index (Phi) is 5.36. The van der Waals surface area contributed by atoms with Crippen LogP contribution in [0, 0.1) is 0 Å². The van der Waals surface area contributed by atoms with Gasteiger partial charge in [0.1, 0.15) is 0 Å². The summed E-state index contributed by atoms with van der Waals surface area (Å²) >= 11 is 0. The van der Waals surface area contributed by atoms with Crippen LogP contribution < -0.4 is 10.6 Å². The lowest BCUT2D eigenvalue weighted by molar-refractivity contribution is -0.120. The molecule has 0 aromatic heterocycles. The lowest BCUT2D eigenvalue weighted by Crippen LogP contribution is -2.38. The fraction of sp³-hybridized carbons (Fsp3) is 0.533. The lowest BCUT2D eigenvalue weighted by Gasteiger charge is -2.12. The van der Waals surface area contributed by atoms with Gasteiger partial charge in [-0.2, -0.15) is 0 Å². The summed E-state index contributed by atoms with van der Waals surface area (Å²) in [4.78, 5) is 12.0. The van der Waals surface area contributed by atoms with E-state index in [1.165, 1.54) is 19.1 Å². The molecule has 0 atom stereocenters. The van der Waals surface area contributed by atoms with Gasteiger partial charge in [-0.05, 0) is 30.5 Å². The van der Waals surface area contributed by atoms with Crippen LogP contribution in [0.25, 0.3) is 0 Å². The predicted octanol–water partition coefficient (Wildman–Crippen LogP) is 1.24. The highest BCUT2D eigenvalue weighted by atomic mass is 32.2. The number of hydrogen-bond acceptors (Lipinski definition) is 4. The first-order valence-electron chi connectivity index (χ1n) is 7.24. The van der Waals surface area contributed by atoms with Gasteiger partial charge in [0.05, 0.1) is 11.4 Å². The second-order valence-corrected chi connectivity index (χ2v) is 7.58. The molecule has 21 heavy (non-hydrogen) atoms. The molecule has 0 radical (unpaired) electrons. The van der Waals surface area contributed by atoms with Crippen LogP contribution in [0.2, 0.25) is 0 Å². The van der Waals surface area contributed by atoms with Crippen LogP contribution in [0.3, 0.4) is 0 Å². The molecule has 1 saturated carbocycles. The highest BCUT2D eigenvalue weighted by molar-refractivity contribution is 7.90. The van der Waals surface area contributed by atoms with Gasteiger partial charge in [0.25, 0.3) is 0 Å². The Morgan fingerprint density at radius 2 is 1.81 bits per heavy atom. The molecule has 1 aliphatic carbocycles. The average molecular weight is 310 g/mol. The van der Waals surface area contributed by atoms with Crippen molar-refractivity contribution < 1.29 is 13.2 Å². The average Bonchev–Trinajstić information content (AvgIpc) is 2.91. The van der Waals surface area contributed by atoms with Gasteiger partial charge in [-0.1, -0.05) is 25.0 Å². The zero-order chi connectivity index (χ0) is 15.3. The summed E-state index contributed by atoms with van der Waals surface area (Å²) in [6.07, 6.45) is 5.75. The van der Waals surface area contributed by atoms with Crippen LogP contribution in [0.1, 0.15) is 31.2 Å². The van der Waals surface area contributed by atoms with Gasteiger partial charge in [-0.15, -0.1) is 0 Å². The predicted molar refractivity (Wildman–Crippen MR) is 81.7 cm³/mol. The first-order chi connectivity index (χ1) is 9.95. The molecule has 0 unspecified atom stereocenters. The third-order valence-electron chi connectivity index (χ3n) is 3.69. The van der Waals surface area contributed by atoms with Crippen molar-refractivity contribution in [3.63, 3.8) is 0 Å². The van der Waals surface area contributed by atoms with Gasteiger partial charge in [0.15, 0.2) is 9.84 Å². The highest BCUT2D eigenvalue weighted by Gasteiger charge is 2.16. The molecule has 0 heterocycles. The standard InChI is InChI=1S/C15H22N2O3S/c1-21(19,20)14-8-6-12(7-9-14)10-16-11-15(18)17-13-4-2-3-5-13/h6-9,13,16H,2-5,10-11H2,1H3,(H,17,18). The number of hydrogen-bond donors (Lipinski definition) is 2. The molecule has 1 aliphatic rings. The van der Waals surface area contributed by atoms with Gasteiger partial charge >= 0.3 is 0 Å². The second kappa shape index (κ2) is 7.04. The summed E-state index contributed by atoms with van der Waals surface area (Å²) in [6, 6.07) is 7.04. The van der Waals surface area contributed by atoms with E-state index in [2.05, 4.69) is 10.6 Å². The number of amides is 1. The van der Waals surface area contributed by atoms with E-state index in [1.807, 2.05) is 0 Å². The largest absolute Gasteiger partial charge is 0.352 e. The smallest absolute Gasteiger partial charge is 0.234 e. The van der Waals surface area contributed by atoms with E-state index in [-0.39, 0.29) is 12.5 Å². The monoisotopic (exact) mass is 310 g/mol. The third kappa shape index (κ3) is 5.13. The van der Waals surface area contributed by atoms with Crippen molar-refractivity contribution in [2.75, 3.05) is 12.8 Å². The summed E-state index contributed by atoms with van der Waals surface area (Å²) < 4.78 is 22.7. The lowest BCUT2D eigenvalue weighted by atomic mass is 10.2. The van der Waals surface area contributed by atoms with Gasteiger partial charge in [0, 0.05) is 18.8 Å². The molecule has 2 rings (SSSR count). The molecule has 1 fully saturated rings. The van der Waals surface area contributed by atoms with Crippen LogP contribution in [0.4, 0.5) is 0 Å². The van der Waals surface area contributed by atoms with Crippen LogP contribution in [0.5, 0.6) is 0 Å². The molecule has 1 aromatic carbocycles. The number of nitrogens with one attached hydrogen (secondary N) is 2. The summed E-state index contributed by atoms with van der Waals surface area (Å²) in [5.41, 5.74) is 0.955. The maximum absolute atomic E-state index is 11.7. The molecule has 0 saturated heterocycles. The van der Waals surface area contributed by atoms with Gasteiger partial charge in [-0.3, -0.25) is 4.79 Å². The molecule has 116 valence electrons. The van der Waals surface area contributed by atoms with E-state index in [0.717, 1.165) is 18.4 Å². The Hall–Kier alpha value is -1.40. The summed E-state index contributed by atoms with van der Waals surface area (Å²) in [5.74, 6) is 0.0228. The number of rotatable bonds is 6. The molecule has 2 N–H and O–H groups in total. The topological polar surface area (TPSA) is 75.3 Å². The zero-order valence-electron chi connectivity index (χ0n) is 12.3. The minimum Gasteiger partial charge on any atom is -0.352 e. The van der Waals surface area contributed by atoms with Crippen molar-refractivity contribution in [3.05, 3.63) is 29.8 Å². The van der Waals surface area contributed by atoms with Gasteiger partial charge in [0.2, 0.25) is 5.91 Å². The van der Waals surface area contributed by atoms with E-state index >= 15 is 0 Å². The van der Waals surface area contributed by atoms with Gasteiger partial charge in [-0.25, -0.2) is 8.42 Å². The summed E-state index contributed by atoms with van der Waals surface area (Å²) in [6.45, 7) is 0.826. The molecular formula is C15H22N2O3S. The van der Waals surface area contributed by atoms with E-state index in [0.29, 0.717) is 17.5 Å². The minimum atomic E-state index is -3.15. The number of sulfone groups is 1. The van der Waals surface area contributed by atoms with E-state index in [1.54, 1.807) is 24.3 Å². The van der Waals surface area contributed by atoms with Gasteiger partial charge < -0.3 is 10.6 Å². The Balaban J connectivity index is 1.74. The van der Waals surface area contributed by atoms with Crippen molar-refractivity contribution in [1.29, 1.82) is 0 Å². The van der Waals surface area contributed by atoms with Crippen molar-refractivity contribution in [2.45, 2.75) is 43.2 Å².